The number of anilines is 1. The van der Waals surface area contributed by atoms with E-state index in [9.17, 15) is 4.79 Å². The highest BCUT2D eigenvalue weighted by Crippen LogP contribution is 2.35. The number of nitrogens with zero attached hydrogens (tertiary/aromatic N) is 2. The molecule has 0 unspecified atom stereocenters. The van der Waals surface area contributed by atoms with Crippen molar-refractivity contribution in [3.05, 3.63) is 63.7 Å². The van der Waals surface area contributed by atoms with Crippen LogP contribution in [0.25, 0.3) is 11.3 Å². The second kappa shape index (κ2) is 8.06. The monoisotopic (exact) mass is 400 g/mol. The molecule has 0 saturated carbocycles. The molecule has 7 heteroatoms. The maximum Gasteiger partial charge on any atom is 0.319 e. The fourth-order valence-electron chi connectivity index (χ4n) is 2.43. The maximum absolute atomic E-state index is 12.2. The molecule has 0 radical (unpaired) electrons. The Balaban J connectivity index is 1.81. The number of pyridine rings is 1. The third-order valence-electron chi connectivity index (χ3n) is 3.77. The number of halogens is 1. The zero-order valence-electron chi connectivity index (χ0n) is 15.4. The molecule has 0 bridgehead atoms. The molecule has 2 amide bonds. The quantitative estimate of drug-likeness (QED) is 0.609. The number of thiazole rings is 1. The van der Waals surface area contributed by atoms with Crippen molar-refractivity contribution in [3.63, 3.8) is 0 Å². The number of carbonyl (C=O) groups excluding carboxylic acids is 1. The van der Waals surface area contributed by atoms with Gasteiger partial charge in [0.15, 0.2) is 0 Å². The van der Waals surface area contributed by atoms with E-state index < -0.39 is 0 Å². The minimum atomic E-state index is -0.286. The fourth-order valence-corrected chi connectivity index (χ4v) is 3.70. The smallest absolute Gasteiger partial charge is 0.319 e. The first kappa shape index (κ1) is 19.3. The molecule has 0 atom stereocenters. The zero-order valence-corrected chi connectivity index (χ0v) is 17.0. The van der Waals surface area contributed by atoms with Crippen LogP contribution < -0.4 is 10.6 Å². The summed E-state index contributed by atoms with van der Waals surface area (Å²) in [6.45, 7) is 6.75. The van der Waals surface area contributed by atoms with Gasteiger partial charge in [-0.3, -0.25) is 4.98 Å². The number of carbonyl (C=O) groups is 1. The average Bonchev–Trinajstić information content (AvgIpc) is 3.05. The van der Waals surface area contributed by atoms with E-state index in [-0.39, 0.29) is 11.4 Å². The van der Waals surface area contributed by atoms with Crippen LogP contribution in [0.3, 0.4) is 0 Å². The van der Waals surface area contributed by atoms with Crippen LogP contribution in [0, 0.1) is 0 Å². The van der Waals surface area contributed by atoms with Gasteiger partial charge in [0.2, 0.25) is 0 Å². The van der Waals surface area contributed by atoms with Gasteiger partial charge in [-0.15, -0.1) is 11.3 Å². The van der Waals surface area contributed by atoms with Crippen molar-refractivity contribution in [2.24, 2.45) is 0 Å². The van der Waals surface area contributed by atoms with Crippen LogP contribution in [0.1, 0.15) is 30.7 Å². The molecule has 2 N–H and O–H groups in total. The van der Waals surface area contributed by atoms with E-state index in [4.69, 9.17) is 16.6 Å². The molecule has 3 aromatic rings. The molecule has 0 saturated heterocycles. The summed E-state index contributed by atoms with van der Waals surface area (Å²) in [7, 11) is 0. The predicted octanol–water partition coefficient (Wildman–Crippen LogP) is 5.48. The lowest BCUT2D eigenvalue weighted by molar-refractivity contribution is 0.252. The lowest BCUT2D eigenvalue weighted by Gasteiger charge is -2.13. The van der Waals surface area contributed by atoms with Crippen LogP contribution >= 0.6 is 22.9 Å². The Morgan fingerprint density at radius 1 is 1.22 bits per heavy atom. The molecule has 0 aliphatic heterocycles. The van der Waals surface area contributed by atoms with Crippen molar-refractivity contribution < 1.29 is 4.79 Å². The lowest BCUT2D eigenvalue weighted by atomic mass is 9.98. The van der Waals surface area contributed by atoms with Gasteiger partial charge in [0, 0.05) is 22.2 Å². The molecule has 2 aromatic heterocycles. The van der Waals surface area contributed by atoms with E-state index in [0.717, 1.165) is 21.1 Å². The maximum atomic E-state index is 12.2. The summed E-state index contributed by atoms with van der Waals surface area (Å²) < 4.78 is 0. The predicted molar refractivity (Wildman–Crippen MR) is 111 cm³/mol. The molecule has 3 rings (SSSR count). The number of urea groups is 1. The van der Waals surface area contributed by atoms with E-state index in [1.807, 2.05) is 24.3 Å². The normalized spacial score (nSPS) is 11.3. The number of aromatic nitrogens is 2. The summed E-state index contributed by atoms with van der Waals surface area (Å²) in [6.07, 6.45) is 3.26. The first-order valence-electron chi connectivity index (χ1n) is 8.54. The Hall–Kier alpha value is -2.44. The van der Waals surface area contributed by atoms with Gasteiger partial charge >= 0.3 is 6.03 Å². The minimum Gasteiger partial charge on any atom is -0.333 e. The van der Waals surface area contributed by atoms with Crippen molar-refractivity contribution in [1.29, 1.82) is 0 Å². The van der Waals surface area contributed by atoms with E-state index in [2.05, 4.69) is 36.4 Å². The molecule has 2 heterocycles. The standard InChI is InChI=1S/C20H21ClN4OS/c1-20(2,3)18-25-17(13-6-4-7-14(21)10-13)16(27-18)12-23-19(26)24-15-8-5-9-22-11-15/h4-11H,12H2,1-3H3,(H2,23,24,26). The second-order valence-corrected chi connectivity index (χ2v) is 8.62. The van der Waals surface area contributed by atoms with Gasteiger partial charge in [-0.2, -0.15) is 0 Å². The van der Waals surface area contributed by atoms with Gasteiger partial charge in [0.05, 0.1) is 34.0 Å². The van der Waals surface area contributed by atoms with E-state index in [0.29, 0.717) is 17.3 Å². The number of rotatable bonds is 4. The Bertz CT molecular complexity index is 935. The van der Waals surface area contributed by atoms with Gasteiger partial charge in [-0.25, -0.2) is 9.78 Å². The number of amides is 2. The third-order valence-corrected chi connectivity index (χ3v) is 5.48. The van der Waals surface area contributed by atoms with Crippen molar-refractivity contribution >= 4 is 34.7 Å². The van der Waals surface area contributed by atoms with E-state index >= 15 is 0 Å². The van der Waals surface area contributed by atoms with E-state index in [1.54, 1.807) is 35.9 Å². The molecule has 0 fully saturated rings. The van der Waals surface area contributed by atoms with Crippen molar-refractivity contribution in [2.75, 3.05) is 5.32 Å². The average molecular weight is 401 g/mol. The minimum absolute atomic E-state index is 0.0752. The Kier molecular flexibility index (Phi) is 5.77. The summed E-state index contributed by atoms with van der Waals surface area (Å²) >= 11 is 7.76. The molecule has 0 spiro atoms. The van der Waals surface area contributed by atoms with Crippen molar-refractivity contribution in [1.82, 2.24) is 15.3 Å². The van der Waals surface area contributed by atoms with Crippen LogP contribution in [0.5, 0.6) is 0 Å². The third kappa shape index (κ3) is 5.05. The summed E-state index contributed by atoms with van der Waals surface area (Å²) in [5.74, 6) is 0. The molecular weight excluding hydrogens is 380 g/mol. The Labute approximate surface area is 167 Å². The molecule has 140 valence electrons. The largest absolute Gasteiger partial charge is 0.333 e. The van der Waals surface area contributed by atoms with E-state index in [1.165, 1.54) is 0 Å². The van der Waals surface area contributed by atoms with Gasteiger partial charge in [-0.05, 0) is 24.3 Å². The summed E-state index contributed by atoms with van der Waals surface area (Å²) in [5, 5.41) is 7.34. The topological polar surface area (TPSA) is 66.9 Å². The molecule has 1 aromatic carbocycles. The number of hydrogen-bond acceptors (Lipinski definition) is 4. The highest BCUT2D eigenvalue weighted by atomic mass is 35.5. The molecule has 5 nitrogen and oxygen atoms in total. The van der Waals surface area contributed by atoms with Crippen LogP contribution in [0.4, 0.5) is 10.5 Å². The number of benzene rings is 1. The summed E-state index contributed by atoms with van der Waals surface area (Å²) in [4.78, 5) is 22.0. The van der Waals surface area contributed by atoms with Crippen LogP contribution in [0.15, 0.2) is 48.8 Å². The zero-order chi connectivity index (χ0) is 19.4. The van der Waals surface area contributed by atoms with Gasteiger partial charge in [0.1, 0.15) is 0 Å². The Morgan fingerprint density at radius 3 is 2.70 bits per heavy atom. The first-order chi connectivity index (χ1) is 12.8. The second-order valence-electron chi connectivity index (χ2n) is 7.10. The highest BCUT2D eigenvalue weighted by Gasteiger charge is 2.22. The van der Waals surface area contributed by atoms with Crippen LogP contribution in [0.2, 0.25) is 5.02 Å². The SMILES string of the molecule is CC(C)(C)c1nc(-c2cccc(Cl)c2)c(CNC(=O)Nc2cccnc2)s1. The summed E-state index contributed by atoms with van der Waals surface area (Å²) in [5.41, 5.74) is 2.37. The number of nitrogens with one attached hydrogen (secondary N) is 2. The Morgan fingerprint density at radius 2 is 2.04 bits per heavy atom. The van der Waals surface area contributed by atoms with Crippen LogP contribution in [-0.2, 0) is 12.0 Å². The van der Waals surface area contributed by atoms with Gasteiger partial charge < -0.3 is 10.6 Å². The molecule has 27 heavy (non-hydrogen) atoms. The van der Waals surface area contributed by atoms with Crippen molar-refractivity contribution in [3.8, 4) is 11.3 Å². The number of hydrogen-bond donors (Lipinski definition) is 2. The molecular formula is C20H21ClN4OS. The highest BCUT2D eigenvalue weighted by molar-refractivity contribution is 7.12. The van der Waals surface area contributed by atoms with Gasteiger partial charge in [0.25, 0.3) is 0 Å². The lowest BCUT2D eigenvalue weighted by Crippen LogP contribution is -2.28. The summed E-state index contributed by atoms with van der Waals surface area (Å²) in [6, 6.07) is 10.9. The van der Waals surface area contributed by atoms with Crippen LogP contribution in [-0.4, -0.2) is 16.0 Å². The first-order valence-corrected chi connectivity index (χ1v) is 9.73. The fraction of sp³-hybridized carbons (Fsp3) is 0.250. The van der Waals surface area contributed by atoms with Gasteiger partial charge in [-0.1, -0.05) is 44.5 Å². The van der Waals surface area contributed by atoms with Crippen molar-refractivity contribution in [2.45, 2.75) is 32.7 Å². The molecule has 0 aliphatic rings. The molecule has 0 aliphatic carbocycles.